The molecule has 0 aliphatic carbocycles. The number of carbonyl (C=O) groups is 2. The fraction of sp³-hybridized carbons (Fsp3) is 0.412. The fourth-order valence-corrected chi connectivity index (χ4v) is 2.37. The van der Waals surface area contributed by atoms with E-state index in [1.807, 2.05) is 29.2 Å². The lowest BCUT2D eigenvalue weighted by molar-refractivity contribution is -0.144. The molecular weight excluding hydrogens is 296 g/mol. The molecule has 0 saturated carbocycles. The molecule has 1 saturated heterocycles. The van der Waals surface area contributed by atoms with E-state index in [9.17, 15) is 9.59 Å². The quantitative estimate of drug-likeness (QED) is 0.452. The van der Waals surface area contributed by atoms with Crippen LogP contribution in [0, 0.1) is 12.3 Å². The number of amides is 1. The Labute approximate surface area is 135 Å². The Bertz CT molecular complexity index is 623. The summed E-state index contributed by atoms with van der Waals surface area (Å²) in [7, 11) is 2.88. The van der Waals surface area contributed by atoms with E-state index < -0.39 is 12.0 Å². The number of benzene rings is 1. The van der Waals surface area contributed by atoms with Gasteiger partial charge in [0.15, 0.2) is 0 Å². The predicted octanol–water partition coefficient (Wildman–Crippen LogP) is 0.560. The van der Waals surface area contributed by atoms with Gasteiger partial charge in [0.05, 0.1) is 14.2 Å². The molecule has 0 radical (unpaired) electrons. The molecule has 1 fully saturated rings. The Balaban J connectivity index is 1.91. The summed E-state index contributed by atoms with van der Waals surface area (Å²) in [5.41, 5.74) is 1.01. The molecule has 6 heteroatoms. The molecule has 1 N–H and O–H groups in total. The van der Waals surface area contributed by atoms with E-state index >= 15 is 0 Å². The van der Waals surface area contributed by atoms with Crippen molar-refractivity contribution in [1.82, 2.24) is 10.2 Å². The molecule has 3 atom stereocenters. The maximum absolute atomic E-state index is 12.2. The first kappa shape index (κ1) is 16.8. The number of hydrogen-bond acceptors (Lipinski definition) is 5. The van der Waals surface area contributed by atoms with Crippen molar-refractivity contribution in [3.05, 3.63) is 29.8 Å². The van der Waals surface area contributed by atoms with Crippen LogP contribution in [0.5, 0.6) is 5.75 Å². The molecular formula is C17H20N2O4. The zero-order valence-electron chi connectivity index (χ0n) is 13.2. The number of hydrogen-bond donors (Lipinski definition) is 1. The number of nitrogens with zero attached hydrogens (tertiary/aromatic N) is 1. The Morgan fingerprint density at radius 1 is 1.43 bits per heavy atom. The maximum Gasteiger partial charge on any atom is 0.329 e. The van der Waals surface area contributed by atoms with E-state index in [4.69, 9.17) is 11.2 Å². The molecule has 2 rings (SSSR count). The van der Waals surface area contributed by atoms with Crippen LogP contribution in [0.15, 0.2) is 24.3 Å². The van der Waals surface area contributed by atoms with Gasteiger partial charge in [0, 0.05) is 25.1 Å². The number of carbonyl (C=O) groups excluding carboxylic acids is 2. The van der Waals surface area contributed by atoms with E-state index in [1.54, 1.807) is 7.11 Å². The fourth-order valence-electron chi connectivity index (χ4n) is 2.37. The molecule has 0 bridgehead atoms. The lowest BCUT2D eigenvalue weighted by Gasteiger charge is -2.14. The second kappa shape index (κ2) is 7.65. The monoisotopic (exact) mass is 316 g/mol. The molecule has 1 amide bonds. The normalized spacial score (nSPS) is 20.0. The summed E-state index contributed by atoms with van der Waals surface area (Å²) in [6, 6.07) is 6.61. The van der Waals surface area contributed by atoms with E-state index in [-0.39, 0.29) is 18.4 Å². The molecule has 122 valence electrons. The Hall–Kier alpha value is -2.52. The van der Waals surface area contributed by atoms with Gasteiger partial charge in [0.25, 0.3) is 0 Å². The zero-order chi connectivity index (χ0) is 16.8. The predicted molar refractivity (Wildman–Crippen MR) is 84.6 cm³/mol. The standard InChI is InChI=1S/C17H20N2O4/c1-4-7-13(17(21)23-3)18-16(20)14-11-19(14)10-12-8-5-6-9-15(12)22-2/h1,5-6,8-9,13-14H,7,10-11H2,2-3H3,(H,18,20). The summed E-state index contributed by atoms with van der Waals surface area (Å²) in [5.74, 6) is 2.41. The summed E-state index contributed by atoms with van der Waals surface area (Å²) < 4.78 is 9.94. The summed E-state index contributed by atoms with van der Waals surface area (Å²) >= 11 is 0. The third-order valence-electron chi connectivity index (χ3n) is 3.71. The highest BCUT2D eigenvalue weighted by Gasteiger charge is 2.41. The number of rotatable bonds is 7. The molecule has 0 aromatic heterocycles. The van der Waals surface area contributed by atoms with Crippen molar-refractivity contribution in [3.8, 4) is 18.1 Å². The number of methoxy groups -OCH3 is 2. The molecule has 23 heavy (non-hydrogen) atoms. The highest BCUT2D eigenvalue weighted by molar-refractivity contribution is 5.89. The first-order chi connectivity index (χ1) is 11.1. The van der Waals surface area contributed by atoms with Crippen molar-refractivity contribution < 1.29 is 19.1 Å². The Morgan fingerprint density at radius 3 is 2.83 bits per heavy atom. The van der Waals surface area contributed by atoms with E-state index in [0.717, 1.165) is 11.3 Å². The van der Waals surface area contributed by atoms with Crippen LogP contribution in [0.1, 0.15) is 12.0 Å². The van der Waals surface area contributed by atoms with Crippen LogP contribution in [0.4, 0.5) is 0 Å². The minimum absolute atomic E-state index is 0.109. The minimum atomic E-state index is -0.800. The van der Waals surface area contributed by atoms with Crippen LogP contribution < -0.4 is 10.1 Å². The van der Waals surface area contributed by atoms with Crippen LogP contribution in [-0.4, -0.2) is 49.6 Å². The molecule has 1 aromatic carbocycles. The first-order valence-electron chi connectivity index (χ1n) is 7.28. The average Bonchev–Trinajstić information content (AvgIpc) is 3.33. The molecule has 3 unspecified atom stereocenters. The van der Waals surface area contributed by atoms with Gasteiger partial charge in [-0.25, -0.2) is 4.79 Å². The molecule has 1 aliphatic heterocycles. The molecule has 1 aromatic rings. The Kier molecular flexibility index (Phi) is 5.61. The van der Waals surface area contributed by atoms with Gasteiger partial charge >= 0.3 is 5.97 Å². The minimum Gasteiger partial charge on any atom is -0.496 e. The molecule has 1 heterocycles. The van der Waals surface area contributed by atoms with Crippen LogP contribution in [-0.2, 0) is 20.9 Å². The van der Waals surface area contributed by atoms with Crippen molar-refractivity contribution in [1.29, 1.82) is 0 Å². The Morgan fingerprint density at radius 2 is 2.17 bits per heavy atom. The second-order valence-electron chi connectivity index (χ2n) is 5.25. The van der Waals surface area contributed by atoms with E-state index in [2.05, 4.69) is 16.0 Å². The van der Waals surface area contributed by atoms with Gasteiger partial charge in [-0.15, -0.1) is 12.3 Å². The third-order valence-corrected chi connectivity index (χ3v) is 3.71. The molecule has 6 nitrogen and oxygen atoms in total. The van der Waals surface area contributed by atoms with Crippen molar-refractivity contribution in [2.24, 2.45) is 0 Å². The van der Waals surface area contributed by atoms with Crippen LogP contribution in [0.25, 0.3) is 0 Å². The van der Waals surface area contributed by atoms with Gasteiger partial charge in [0.2, 0.25) is 5.91 Å². The SMILES string of the molecule is C#CCC(NC(=O)C1CN1Cc1ccccc1OC)C(=O)OC. The van der Waals surface area contributed by atoms with Crippen LogP contribution in [0.3, 0.4) is 0 Å². The largest absolute Gasteiger partial charge is 0.496 e. The summed E-state index contributed by atoms with van der Waals surface area (Å²) in [6.45, 7) is 1.24. The van der Waals surface area contributed by atoms with Gasteiger partial charge in [-0.3, -0.25) is 9.69 Å². The summed E-state index contributed by atoms with van der Waals surface area (Å²) in [4.78, 5) is 25.8. The van der Waals surface area contributed by atoms with Crippen molar-refractivity contribution in [2.45, 2.75) is 25.0 Å². The van der Waals surface area contributed by atoms with E-state index in [0.29, 0.717) is 13.1 Å². The number of terminal acetylenes is 1. The van der Waals surface area contributed by atoms with Crippen molar-refractivity contribution in [3.63, 3.8) is 0 Å². The third kappa shape index (κ3) is 4.24. The van der Waals surface area contributed by atoms with Gasteiger partial charge < -0.3 is 14.8 Å². The number of esters is 1. The van der Waals surface area contributed by atoms with Gasteiger partial charge in [-0.2, -0.15) is 0 Å². The van der Waals surface area contributed by atoms with Gasteiger partial charge in [-0.05, 0) is 6.07 Å². The highest BCUT2D eigenvalue weighted by Crippen LogP contribution is 2.26. The molecule has 1 aliphatic rings. The molecule has 0 spiro atoms. The summed E-state index contributed by atoms with van der Waals surface area (Å²) in [5, 5.41) is 2.65. The first-order valence-corrected chi connectivity index (χ1v) is 7.28. The number of ether oxygens (including phenoxy) is 2. The van der Waals surface area contributed by atoms with E-state index in [1.165, 1.54) is 7.11 Å². The number of nitrogens with one attached hydrogen (secondary N) is 1. The second-order valence-corrected chi connectivity index (χ2v) is 5.25. The lowest BCUT2D eigenvalue weighted by Crippen LogP contribution is -2.43. The smallest absolute Gasteiger partial charge is 0.329 e. The van der Waals surface area contributed by atoms with Crippen molar-refractivity contribution in [2.75, 3.05) is 20.8 Å². The van der Waals surface area contributed by atoms with Gasteiger partial charge in [-0.1, -0.05) is 18.2 Å². The maximum atomic E-state index is 12.2. The van der Waals surface area contributed by atoms with Crippen molar-refractivity contribution >= 4 is 11.9 Å². The van der Waals surface area contributed by atoms with Gasteiger partial charge in [0.1, 0.15) is 17.8 Å². The van der Waals surface area contributed by atoms with Crippen LogP contribution >= 0.6 is 0 Å². The number of para-hydroxylation sites is 1. The highest BCUT2D eigenvalue weighted by atomic mass is 16.5. The lowest BCUT2D eigenvalue weighted by atomic mass is 10.2. The summed E-state index contributed by atoms with van der Waals surface area (Å²) in [6.07, 6.45) is 5.33. The topological polar surface area (TPSA) is 67.6 Å². The van der Waals surface area contributed by atoms with Crippen LogP contribution in [0.2, 0.25) is 0 Å². The zero-order valence-corrected chi connectivity index (χ0v) is 13.2. The average molecular weight is 316 g/mol.